The highest BCUT2D eigenvalue weighted by Crippen LogP contribution is 2.21. The number of aromatic nitrogens is 1. The molecule has 3 rings (SSSR count). The van der Waals surface area contributed by atoms with Gasteiger partial charge in [-0.15, -0.1) is 0 Å². The lowest BCUT2D eigenvalue weighted by Gasteiger charge is -2.37. The monoisotopic (exact) mass is 373 g/mol. The number of aliphatic imine (C=N–C) groups is 1. The Morgan fingerprint density at radius 2 is 2.04 bits per heavy atom. The van der Waals surface area contributed by atoms with Crippen LogP contribution in [0.3, 0.4) is 0 Å². The molecule has 1 aliphatic carbocycles. The van der Waals surface area contributed by atoms with Gasteiger partial charge in [0.2, 0.25) is 0 Å². The summed E-state index contributed by atoms with van der Waals surface area (Å²) in [6, 6.07) is 6.01. The van der Waals surface area contributed by atoms with E-state index in [0.717, 1.165) is 63.8 Å². The second-order valence-electron chi connectivity index (χ2n) is 7.14. The first-order valence-corrected chi connectivity index (χ1v) is 10.1. The second kappa shape index (κ2) is 10.1. The first kappa shape index (κ1) is 19.5. The fraction of sp³-hybridized carbons (Fsp3) is 0.650. The van der Waals surface area contributed by atoms with Crippen molar-refractivity contribution in [2.75, 3.05) is 44.7 Å². The summed E-state index contributed by atoms with van der Waals surface area (Å²) in [5, 5.41) is 3.38. The minimum absolute atomic E-state index is 0.0670. The molecule has 2 aliphatic rings. The predicted octanol–water partition coefficient (Wildman–Crippen LogP) is 2.04. The van der Waals surface area contributed by atoms with Crippen LogP contribution in [-0.4, -0.2) is 67.7 Å². The molecular formula is C20H31N5O2. The Morgan fingerprint density at radius 1 is 1.26 bits per heavy atom. The summed E-state index contributed by atoms with van der Waals surface area (Å²) in [7, 11) is 1.81. The summed E-state index contributed by atoms with van der Waals surface area (Å²) in [5.74, 6) is 1.86. The van der Waals surface area contributed by atoms with Crippen LogP contribution >= 0.6 is 0 Å². The van der Waals surface area contributed by atoms with Gasteiger partial charge in [-0.25, -0.2) is 4.98 Å². The first-order chi connectivity index (χ1) is 13.3. The highest BCUT2D eigenvalue weighted by molar-refractivity contribution is 5.80. The van der Waals surface area contributed by atoms with Crippen molar-refractivity contribution in [1.82, 2.24) is 15.2 Å². The molecule has 0 bridgehead atoms. The molecule has 0 spiro atoms. The first-order valence-electron chi connectivity index (χ1n) is 10.1. The van der Waals surface area contributed by atoms with Crippen LogP contribution in [0.1, 0.15) is 38.5 Å². The number of anilines is 1. The van der Waals surface area contributed by atoms with E-state index in [1.54, 1.807) is 0 Å². The summed E-state index contributed by atoms with van der Waals surface area (Å²) in [6.45, 7) is 4.38. The van der Waals surface area contributed by atoms with Crippen molar-refractivity contribution in [2.24, 2.45) is 4.99 Å². The number of carbonyl (C=O) groups is 1. The second-order valence-corrected chi connectivity index (χ2v) is 7.14. The molecule has 1 saturated carbocycles. The zero-order chi connectivity index (χ0) is 18.9. The highest BCUT2D eigenvalue weighted by atomic mass is 16.5. The molecule has 1 N–H and O–H groups in total. The Balaban J connectivity index is 1.34. The van der Waals surface area contributed by atoms with Crippen LogP contribution in [0.25, 0.3) is 0 Å². The van der Waals surface area contributed by atoms with Gasteiger partial charge in [0.25, 0.3) is 0 Å². The van der Waals surface area contributed by atoms with Gasteiger partial charge in [0.1, 0.15) is 11.9 Å². The van der Waals surface area contributed by atoms with Crippen LogP contribution in [0.4, 0.5) is 5.82 Å². The van der Waals surface area contributed by atoms with Gasteiger partial charge >= 0.3 is 5.97 Å². The molecule has 27 heavy (non-hydrogen) atoms. The predicted molar refractivity (Wildman–Crippen MR) is 107 cm³/mol. The molecule has 7 heteroatoms. The average Bonchev–Trinajstić information content (AvgIpc) is 3.22. The maximum Gasteiger partial charge on any atom is 0.306 e. The maximum atomic E-state index is 11.9. The molecule has 148 valence electrons. The lowest BCUT2D eigenvalue weighted by Crippen LogP contribution is -2.52. The fourth-order valence-electron chi connectivity index (χ4n) is 3.70. The zero-order valence-corrected chi connectivity index (χ0v) is 16.3. The lowest BCUT2D eigenvalue weighted by molar-refractivity contribution is -0.148. The van der Waals surface area contributed by atoms with Gasteiger partial charge in [-0.05, 0) is 44.2 Å². The van der Waals surface area contributed by atoms with E-state index in [9.17, 15) is 4.79 Å². The van der Waals surface area contributed by atoms with Crippen molar-refractivity contribution in [3.63, 3.8) is 0 Å². The summed E-state index contributed by atoms with van der Waals surface area (Å²) >= 11 is 0. The number of carbonyl (C=O) groups excluding carboxylic acids is 1. The maximum absolute atomic E-state index is 11.9. The number of hydrogen-bond donors (Lipinski definition) is 1. The summed E-state index contributed by atoms with van der Waals surface area (Å²) in [5.41, 5.74) is 0. The van der Waals surface area contributed by atoms with Gasteiger partial charge in [0.15, 0.2) is 5.96 Å². The van der Waals surface area contributed by atoms with Crippen LogP contribution in [0.2, 0.25) is 0 Å². The Hall–Kier alpha value is -2.31. The van der Waals surface area contributed by atoms with E-state index >= 15 is 0 Å². The van der Waals surface area contributed by atoms with Crippen LogP contribution in [0.15, 0.2) is 29.4 Å². The number of ether oxygens (including phenoxy) is 1. The smallest absolute Gasteiger partial charge is 0.306 e. The van der Waals surface area contributed by atoms with E-state index in [1.807, 2.05) is 31.4 Å². The van der Waals surface area contributed by atoms with Crippen LogP contribution < -0.4 is 10.2 Å². The van der Waals surface area contributed by atoms with Crippen LogP contribution in [0, 0.1) is 0 Å². The topological polar surface area (TPSA) is 70.1 Å². The SMILES string of the molecule is CN=C(NCCCC(=O)OC1CCCC1)N1CCN(c2ccccn2)CC1. The molecule has 0 aromatic carbocycles. The number of hydrogen-bond acceptors (Lipinski definition) is 5. The fourth-order valence-corrected chi connectivity index (χ4v) is 3.70. The molecule has 7 nitrogen and oxygen atoms in total. The summed E-state index contributed by atoms with van der Waals surface area (Å²) < 4.78 is 5.50. The number of guanidine groups is 1. The third-order valence-electron chi connectivity index (χ3n) is 5.21. The standard InChI is InChI=1S/C20H31N5O2/c1-21-20(23-12-6-10-19(26)27-17-7-2-3-8-17)25-15-13-24(14-16-25)18-9-4-5-11-22-18/h4-5,9,11,17H,2-3,6-8,10,12-16H2,1H3,(H,21,23). The largest absolute Gasteiger partial charge is 0.462 e. The van der Waals surface area contributed by atoms with Gasteiger partial charge in [-0.1, -0.05) is 6.07 Å². The summed E-state index contributed by atoms with van der Waals surface area (Å²) in [6.07, 6.45) is 7.65. The van der Waals surface area contributed by atoms with Crippen LogP contribution in [-0.2, 0) is 9.53 Å². The lowest BCUT2D eigenvalue weighted by atomic mass is 10.3. The molecule has 0 amide bonds. The van der Waals surface area contributed by atoms with Gasteiger partial charge in [-0.2, -0.15) is 0 Å². The van der Waals surface area contributed by atoms with Crippen molar-refractivity contribution in [2.45, 2.75) is 44.6 Å². The molecule has 1 aliphatic heterocycles. The number of esters is 1. The Bertz CT molecular complexity index is 608. The van der Waals surface area contributed by atoms with Gasteiger partial charge in [-0.3, -0.25) is 9.79 Å². The van der Waals surface area contributed by atoms with E-state index in [0.29, 0.717) is 6.42 Å². The molecule has 1 saturated heterocycles. The Labute approximate surface area is 161 Å². The van der Waals surface area contributed by atoms with Crippen LogP contribution in [0.5, 0.6) is 0 Å². The minimum atomic E-state index is -0.0670. The van der Waals surface area contributed by atoms with Gasteiger partial charge < -0.3 is 19.9 Å². The van der Waals surface area contributed by atoms with Gasteiger partial charge in [0, 0.05) is 52.4 Å². The average molecular weight is 374 g/mol. The van der Waals surface area contributed by atoms with E-state index in [2.05, 4.69) is 25.1 Å². The Kier molecular flexibility index (Phi) is 7.30. The number of rotatable bonds is 6. The molecule has 1 aromatic heterocycles. The molecular weight excluding hydrogens is 342 g/mol. The Morgan fingerprint density at radius 3 is 2.70 bits per heavy atom. The zero-order valence-electron chi connectivity index (χ0n) is 16.3. The van der Waals surface area contributed by atoms with Crippen molar-refractivity contribution in [1.29, 1.82) is 0 Å². The molecule has 2 fully saturated rings. The molecule has 1 aromatic rings. The third-order valence-corrected chi connectivity index (χ3v) is 5.21. The van der Waals surface area contributed by atoms with Gasteiger partial charge in [0.05, 0.1) is 0 Å². The number of nitrogens with zero attached hydrogens (tertiary/aromatic N) is 4. The van der Waals surface area contributed by atoms with Crippen molar-refractivity contribution in [3.8, 4) is 0 Å². The van der Waals surface area contributed by atoms with Crippen molar-refractivity contribution >= 4 is 17.7 Å². The van der Waals surface area contributed by atoms with E-state index in [4.69, 9.17) is 4.74 Å². The van der Waals surface area contributed by atoms with Crippen molar-refractivity contribution in [3.05, 3.63) is 24.4 Å². The third kappa shape index (κ3) is 5.84. The normalized spacial score (nSPS) is 18.6. The van der Waals surface area contributed by atoms with E-state index in [1.165, 1.54) is 12.8 Å². The highest BCUT2D eigenvalue weighted by Gasteiger charge is 2.21. The molecule has 2 heterocycles. The minimum Gasteiger partial charge on any atom is -0.462 e. The number of nitrogens with one attached hydrogen (secondary N) is 1. The number of piperazine rings is 1. The molecule has 0 atom stereocenters. The van der Waals surface area contributed by atoms with E-state index in [-0.39, 0.29) is 12.1 Å². The van der Waals surface area contributed by atoms with Crippen molar-refractivity contribution < 1.29 is 9.53 Å². The molecule has 0 radical (unpaired) electrons. The number of pyridine rings is 1. The quantitative estimate of drug-likeness (QED) is 0.356. The summed E-state index contributed by atoms with van der Waals surface area (Å²) in [4.78, 5) is 25.3. The molecule has 0 unspecified atom stereocenters. The van der Waals surface area contributed by atoms with E-state index < -0.39 is 0 Å².